The highest BCUT2D eigenvalue weighted by molar-refractivity contribution is 7.88. The summed E-state index contributed by atoms with van der Waals surface area (Å²) >= 11 is 5.81. The van der Waals surface area contributed by atoms with Crippen LogP contribution in [0.5, 0.6) is 0 Å². The van der Waals surface area contributed by atoms with Gasteiger partial charge in [0.05, 0.1) is 12.3 Å². The summed E-state index contributed by atoms with van der Waals surface area (Å²) in [6.45, 7) is 2.03. The molecule has 0 saturated carbocycles. The number of carbonyl (C=O) groups excluding carboxylic acids is 2. The SMILES string of the molecule is CC(=O)Nc1ccc2c(c1)CN(C(=O)CNS(=O)(=O)Cc1ccc(Cl)cc1)CC2. The maximum atomic E-state index is 12.5. The van der Waals surface area contributed by atoms with Crippen molar-refractivity contribution in [2.24, 2.45) is 0 Å². The Morgan fingerprint density at radius 2 is 1.83 bits per heavy atom. The molecule has 2 N–H and O–H groups in total. The van der Waals surface area contributed by atoms with E-state index in [9.17, 15) is 18.0 Å². The van der Waals surface area contributed by atoms with Gasteiger partial charge in [-0.05, 0) is 47.4 Å². The van der Waals surface area contributed by atoms with Crippen molar-refractivity contribution in [3.63, 3.8) is 0 Å². The van der Waals surface area contributed by atoms with E-state index in [-0.39, 0.29) is 24.1 Å². The van der Waals surface area contributed by atoms with Crippen LogP contribution in [-0.4, -0.2) is 38.2 Å². The minimum atomic E-state index is -3.65. The Kier molecular flexibility index (Phi) is 6.56. The smallest absolute Gasteiger partial charge is 0.237 e. The van der Waals surface area contributed by atoms with Crippen molar-refractivity contribution in [1.29, 1.82) is 0 Å². The van der Waals surface area contributed by atoms with Gasteiger partial charge in [-0.1, -0.05) is 29.8 Å². The Bertz CT molecular complexity index is 1020. The van der Waals surface area contributed by atoms with E-state index in [0.29, 0.717) is 35.8 Å². The average molecular weight is 436 g/mol. The van der Waals surface area contributed by atoms with Gasteiger partial charge in [0.25, 0.3) is 0 Å². The molecule has 1 heterocycles. The van der Waals surface area contributed by atoms with E-state index in [0.717, 1.165) is 11.1 Å². The molecule has 0 bridgehead atoms. The Morgan fingerprint density at radius 3 is 2.52 bits per heavy atom. The van der Waals surface area contributed by atoms with Crippen molar-refractivity contribution in [2.45, 2.75) is 25.6 Å². The van der Waals surface area contributed by atoms with E-state index >= 15 is 0 Å². The second-order valence-electron chi connectivity index (χ2n) is 6.94. The lowest BCUT2D eigenvalue weighted by atomic mass is 9.99. The quantitative estimate of drug-likeness (QED) is 0.727. The number of anilines is 1. The third kappa shape index (κ3) is 6.03. The first-order valence-corrected chi connectivity index (χ1v) is 11.1. The van der Waals surface area contributed by atoms with Gasteiger partial charge >= 0.3 is 0 Å². The Labute approximate surface area is 175 Å². The second kappa shape index (κ2) is 8.94. The Morgan fingerprint density at radius 1 is 1.10 bits per heavy atom. The standard InChI is InChI=1S/C20H22ClN3O4S/c1-14(25)23-19-7-4-16-8-9-24(12-17(16)10-19)20(26)11-22-29(27,28)13-15-2-5-18(21)6-3-15/h2-7,10,22H,8-9,11-13H2,1H3,(H,23,25). The van der Waals surface area contributed by atoms with Crippen molar-refractivity contribution in [3.8, 4) is 0 Å². The second-order valence-corrected chi connectivity index (χ2v) is 9.18. The molecule has 0 atom stereocenters. The van der Waals surface area contributed by atoms with Gasteiger partial charge in [0.15, 0.2) is 0 Å². The van der Waals surface area contributed by atoms with Crippen LogP contribution in [0.15, 0.2) is 42.5 Å². The molecular formula is C20H22ClN3O4S. The molecule has 29 heavy (non-hydrogen) atoms. The lowest BCUT2D eigenvalue weighted by Crippen LogP contribution is -2.42. The zero-order chi connectivity index (χ0) is 21.0. The molecule has 3 rings (SSSR count). The van der Waals surface area contributed by atoms with Crippen LogP contribution in [-0.2, 0) is 38.3 Å². The number of carbonyl (C=O) groups is 2. The van der Waals surface area contributed by atoms with Gasteiger partial charge in [-0.2, -0.15) is 0 Å². The van der Waals surface area contributed by atoms with E-state index < -0.39 is 10.0 Å². The van der Waals surface area contributed by atoms with Crippen molar-refractivity contribution < 1.29 is 18.0 Å². The first-order valence-electron chi connectivity index (χ1n) is 9.11. The zero-order valence-electron chi connectivity index (χ0n) is 15.9. The molecule has 2 aromatic rings. The van der Waals surface area contributed by atoms with Crippen LogP contribution in [0.3, 0.4) is 0 Å². The van der Waals surface area contributed by atoms with Crippen LogP contribution in [0, 0.1) is 0 Å². The van der Waals surface area contributed by atoms with Gasteiger partial charge in [-0.3, -0.25) is 9.59 Å². The van der Waals surface area contributed by atoms with Crippen LogP contribution in [0.25, 0.3) is 0 Å². The molecule has 0 saturated heterocycles. The molecule has 154 valence electrons. The number of amides is 2. The summed E-state index contributed by atoms with van der Waals surface area (Å²) in [4.78, 5) is 25.4. The normalized spacial score (nSPS) is 13.7. The molecule has 7 nitrogen and oxygen atoms in total. The van der Waals surface area contributed by atoms with Gasteiger partial charge < -0.3 is 10.2 Å². The zero-order valence-corrected chi connectivity index (χ0v) is 17.5. The summed E-state index contributed by atoms with van der Waals surface area (Å²) in [5, 5.41) is 3.26. The maximum Gasteiger partial charge on any atom is 0.237 e. The highest BCUT2D eigenvalue weighted by Gasteiger charge is 2.22. The molecule has 2 aromatic carbocycles. The Balaban J connectivity index is 1.58. The topological polar surface area (TPSA) is 95.6 Å². The molecule has 1 aliphatic heterocycles. The minimum absolute atomic E-state index is 0.163. The Hall–Kier alpha value is -2.42. The molecule has 9 heteroatoms. The van der Waals surface area contributed by atoms with E-state index in [2.05, 4.69) is 10.0 Å². The number of rotatable bonds is 6. The molecule has 0 unspecified atom stereocenters. The number of hydrogen-bond donors (Lipinski definition) is 2. The van der Waals surface area contributed by atoms with Crippen molar-refractivity contribution in [1.82, 2.24) is 9.62 Å². The van der Waals surface area contributed by atoms with Crippen LogP contribution in [0.2, 0.25) is 5.02 Å². The van der Waals surface area contributed by atoms with Crippen molar-refractivity contribution in [2.75, 3.05) is 18.4 Å². The fourth-order valence-corrected chi connectivity index (χ4v) is 4.39. The number of nitrogens with zero attached hydrogens (tertiary/aromatic N) is 1. The summed E-state index contributed by atoms with van der Waals surface area (Å²) in [5.74, 6) is -0.676. The molecule has 0 radical (unpaired) electrons. The predicted octanol–water partition coefficient (Wildman–Crippen LogP) is 2.30. The first kappa shape index (κ1) is 21.3. The van der Waals surface area contributed by atoms with Crippen LogP contribution < -0.4 is 10.0 Å². The molecule has 1 aliphatic rings. The summed E-state index contributed by atoms with van der Waals surface area (Å²) in [6, 6.07) is 12.1. The van der Waals surface area contributed by atoms with Crippen LogP contribution in [0.1, 0.15) is 23.6 Å². The lowest BCUT2D eigenvalue weighted by molar-refractivity contribution is -0.130. The largest absolute Gasteiger partial charge is 0.337 e. The molecule has 0 aliphatic carbocycles. The number of benzene rings is 2. The van der Waals surface area contributed by atoms with E-state index in [1.807, 2.05) is 18.2 Å². The van der Waals surface area contributed by atoms with E-state index in [1.54, 1.807) is 29.2 Å². The third-order valence-electron chi connectivity index (χ3n) is 4.60. The first-order chi connectivity index (χ1) is 13.7. The van der Waals surface area contributed by atoms with Gasteiger partial charge in [0, 0.05) is 30.7 Å². The van der Waals surface area contributed by atoms with E-state index in [1.165, 1.54) is 6.92 Å². The molecule has 0 fully saturated rings. The molecule has 0 aromatic heterocycles. The van der Waals surface area contributed by atoms with Gasteiger partial charge in [-0.15, -0.1) is 0 Å². The summed E-state index contributed by atoms with van der Waals surface area (Å²) in [6.07, 6.45) is 0.680. The fourth-order valence-electron chi connectivity index (χ4n) is 3.19. The summed E-state index contributed by atoms with van der Waals surface area (Å²) in [7, 11) is -3.65. The van der Waals surface area contributed by atoms with E-state index in [4.69, 9.17) is 11.6 Å². The summed E-state index contributed by atoms with van der Waals surface area (Å²) < 4.78 is 26.9. The summed E-state index contributed by atoms with van der Waals surface area (Å²) in [5.41, 5.74) is 3.33. The molecule has 2 amide bonds. The van der Waals surface area contributed by atoms with Crippen LogP contribution in [0.4, 0.5) is 5.69 Å². The number of halogens is 1. The predicted molar refractivity (Wildman–Crippen MR) is 112 cm³/mol. The fraction of sp³-hybridized carbons (Fsp3) is 0.300. The van der Waals surface area contributed by atoms with Crippen molar-refractivity contribution >= 4 is 39.1 Å². The van der Waals surface area contributed by atoms with Gasteiger partial charge in [0.2, 0.25) is 21.8 Å². The molecule has 0 spiro atoms. The van der Waals surface area contributed by atoms with Crippen molar-refractivity contribution in [3.05, 3.63) is 64.2 Å². The monoisotopic (exact) mass is 435 g/mol. The van der Waals surface area contributed by atoms with Gasteiger partial charge in [-0.25, -0.2) is 13.1 Å². The minimum Gasteiger partial charge on any atom is -0.337 e. The number of fused-ring (bicyclic) bond motifs is 1. The number of sulfonamides is 1. The number of nitrogens with one attached hydrogen (secondary N) is 2. The third-order valence-corrected chi connectivity index (χ3v) is 6.15. The number of hydrogen-bond acceptors (Lipinski definition) is 4. The van der Waals surface area contributed by atoms with Gasteiger partial charge in [0.1, 0.15) is 0 Å². The average Bonchev–Trinajstić information content (AvgIpc) is 2.67. The highest BCUT2D eigenvalue weighted by atomic mass is 35.5. The molecular weight excluding hydrogens is 414 g/mol. The maximum absolute atomic E-state index is 12.5. The lowest BCUT2D eigenvalue weighted by Gasteiger charge is -2.29. The van der Waals surface area contributed by atoms with Crippen LogP contribution >= 0.6 is 11.6 Å². The highest BCUT2D eigenvalue weighted by Crippen LogP contribution is 2.23.